The number of hydrogen-bond acceptors (Lipinski definition) is 4. The molecule has 0 bridgehead atoms. The van der Waals surface area contributed by atoms with Gasteiger partial charge in [-0.25, -0.2) is 9.59 Å². The van der Waals surface area contributed by atoms with Crippen LogP contribution in [0.15, 0.2) is 12.1 Å². The van der Waals surface area contributed by atoms with Gasteiger partial charge in [-0.1, -0.05) is 0 Å². The lowest BCUT2D eigenvalue weighted by atomic mass is 10.1. The molecule has 6 heteroatoms. The summed E-state index contributed by atoms with van der Waals surface area (Å²) in [5.41, 5.74) is 9.66. The molecule has 74 valence electrons. The summed E-state index contributed by atoms with van der Waals surface area (Å²) in [5, 5.41) is 17.3. The highest BCUT2D eigenvalue weighted by molar-refractivity contribution is 6.06. The highest BCUT2D eigenvalue weighted by Crippen LogP contribution is 2.23. The Morgan fingerprint density at radius 2 is 1.64 bits per heavy atom. The maximum Gasteiger partial charge on any atom is 0.339 e. The average molecular weight is 196 g/mol. The lowest BCUT2D eigenvalue weighted by Gasteiger charge is -2.07. The lowest BCUT2D eigenvalue weighted by Crippen LogP contribution is -2.11. The molecule has 6 N–H and O–H groups in total. The van der Waals surface area contributed by atoms with Crippen LogP contribution in [0.5, 0.6) is 0 Å². The summed E-state index contributed by atoms with van der Waals surface area (Å²) in [5.74, 6) is -2.63. The fourth-order valence-corrected chi connectivity index (χ4v) is 1.06. The fourth-order valence-electron chi connectivity index (χ4n) is 1.06. The van der Waals surface area contributed by atoms with E-state index in [4.69, 9.17) is 21.7 Å². The number of benzene rings is 1. The molecule has 0 saturated carbocycles. The molecule has 0 saturated heterocycles. The first-order valence-corrected chi connectivity index (χ1v) is 3.59. The van der Waals surface area contributed by atoms with E-state index in [2.05, 4.69) is 0 Å². The second-order valence-corrected chi connectivity index (χ2v) is 2.60. The Kier molecular flexibility index (Phi) is 2.29. The Hall–Kier alpha value is -2.24. The highest BCUT2D eigenvalue weighted by Gasteiger charge is 2.18. The third-order valence-electron chi connectivity index (χ3n) is 1.72. The van der Waals surface area contributed by atoms with Crippen LogP contribution >= 0.6 is 0 Å². The Balaban J connectivity index is 3.49. The van der Waals surface area contributed by atoms with Crippen molar-refractivity contribution in [3.05, 3.63) is 23.3 Å². The van der Waals surface area contributed by atoms with E-state index >= 15 is 0 Å². The standard InChI is InChI=1S/C8H8N2O4/c9-4-2-1-3(7(11)12)6(10)5(4)8(13)14/h1-2H,9-10H2,(H,11,12)(H,13,14). The minimum atomic E-state index is -1.34. The number of carboxylic acid groups (broad SMARTS) is 2. The number of nitrogen functional groups attached to an aromatic ring is 2. The van der Waals surface area contributed by atoms with E-state index in [1.54, 1.807) is 0 Å². The zero-order chi connectivity index (χ0) is 10.9. The van der Waals surface area contributed by atoms with Crippen LogP contribution in [0.1, 0.15) is 20.7 Å². The molecule has 0 radical (unpaired) electrons. The Labute approximate surface area is 78.8 Å². The van der Waals surface area contributed by atoms with Gasteiger partial charge in [0, 0.05) is 5.69 Å². The minimum Gasteiger partial charge on any atom is -0.478 e. The molecule has 0 aliphatic carbocycles. The van der Waals surface area contributed by atoms with E-state index in [9.17, 15) is 9.59 Å². The Morgan fingerprint density at radius 1 is 1.07 bits per heavy atom. The second kappa shape index (κ2) is 3.25. The van der Waals surface area contributed by atoms with Gasteiger partial charge < -0.3 is 21.7 Å². The van der Waals surface area contributed by atoms with Crippen LogP contribution in [-0.4, -0.2) is 22.2 Å². The van der Waals surface area contributed by atoms with Gasteiger partial charge in [0.15, 0.2) is 0 Å². The van der Waals surface area contributed by atoms with Gasteiger partial charge in [0.25, 0.3) is 0 Å². The van der Waals surface area contributed by atoms with E-state index in [0.717, 1.165) is 0 Å². The van der Waals surface area contributed by atoms with Crippen molar-refractivity contribution in [3.63, 3.8) is 0 Å². The van der Waals surface area contributed by atoms with Crippen LogP contribution in [-0.2, 0) is 0 Å². The van der Waals surface area contributed by atoms with Crippen LogP contribution in [0.25, 0.3) is 0 Å². The molecule has 0 aromatic heterocycles. The van der Waals surface area contributed by atoms with Crippen LogP contribution in [0.4, 0.5) is 11.4 Å². The maximum absolute atomic E-state index is 10.7. The zero-order valence-corrected chi connectivity index (χ0v) is 7.02. The summed E-state index contributed by atoms with van der Waals surface area (Å²) in [6, 6.07) is 2.36. The number of aromatic carboxylic acids is 2. The van der Waals surface area contributed by atoms with E-state index in [1.807, 2.05) is 0 Å². The topological polar surface area (TPSA) is 127 Å². The summed E-state index contributed by atoms with van der Waals surface area (Å²) in [4.78, 5) is 21.3. The summed E-state index contributed by atoms with van der Waals surface area (Å²) in [6.07, 6.45) is 0. The molecule has 0 fully saturated rings. The van der Waals surface area contributed by atoms with Gasteiger partial charge in [0.2, 0.25) is 0 Å². The number of hydrogen-bond donors (Lipinski definition) is 4. The molecule has 0 amide bonds. The van der Waals surface area contributed by atoms with Gasteiger partial charge >= 0.3 is 11.9 Å². The first-order chi connectivity index (χ1) is 6.45. The molecular formula is C8H8N2O4. The molecule has 0 heterocycles. The Morgan fingerprint density at radius 3 is 2.07 bits per heavy atom. The highest BCUT2D eigenvalue weighted by atomic mass is 16.4. The molecule has 0 atom stereocenters. The van der Waals surface area contributed by atoms with E-state index in [-0.39, 0.29) is 22.5 Å². The smallest absolute Gasteiger partial charge is 0.339 e. The van der Waals surface area contributed by atoms with Crippen molar-refractivity contribution >= 4 is 23.3 Å². The van der Waals surface area contributed by atoms with E-state index in [0.29, 0.717) is 0 Å². The predicted octanol–water partition coefficient (Wildman–Crippen LogP) is 0.247. The third kappa shape index (κ3) is 1.45. The van der Waals surface area contributed by atoms with Gasteiger partial charge in [-0.15, -0.1) is 0 Å². The molecule has 1 aromatic rings. The summed E-state index contributed by atoms with van der Waals surface area (Å²) in [6.45, 7) is 0. The molecule has 0 unspecified atom stereocenters. The van der Waals surface area contributed by atoms with Gasteiger partial charge in [0.1, 0.15) is 5.56 Å². The van der Waals surface area contributed by atoms with Crippen molar-refractivity contribution < 1.29 is 19.8 Å². The first-order valence-electron chi connectivity index (χ1n) is 3.59. The van der Waals surface area contributed by atoms with Crippen LogP contribution in [0, 0.1) is 0 Å². The molecule has 14 heavy (non-hydrogen) atoms. The van der Waals surface area contributed by atoms with Gasteiger partial charge in [-0.2, -0.15) is 0 Å². The van der Waals surface area contributed by atoms with Gasteiger partial charge in [-0.3, -0.25) is 0 Å². The van der Waals surface area contributed by atoms with Crippen LogP contribution < -0.4 is 11.5 Å². The van der Waals surface area contributed by atoms with Crippen LogP contribution in [0.2, 0.25) is 0 Å². The minimum absolute atomic E-state index is 0.0556. The summed E-state index contributed by atoms with van der Waals surface area (Å²) in [7, 11) is 0. The van der Waals surface area contributed by atoms with Crippen molar-refractivity contribution in [1.29, 1.82) is 0 Å². The van der Waals surface area contributed by atoms with Gasteiger partial charge in [-0.05, 0) is 12.1 Å². The van der Waals surface area contributed by atoms with Crippen molar-refractivity contribution in [2.45, 2.75) is 0 Å². The number of nitrogens with two attached hydrogens (primary N) is 2. The molecule has 1 aromatic carbocycles. The fraction of sp³-hybridized carbons (Fsp3) is 0. The first kappa shape index (κ1) is 9.85. The zero-order valence-electron chi connectivity index (χ0n) is 7.02. The Bertz CT molecular complexity index is 414. The number of rotatable bonds is 2. The normalized spacial score (nSPS) is 9.71. The summed E-state index contributed by atoms with van der Waals surface area (Å²) >= 11 is 0. The molecule has 0 aliphatic heterocycles. The average Bonchev–Trinajstić information content (AvgIpc) is 2.02. The largest absolute Gasteiger partial charge is 0.478 e. The van der Waals surface area contributed by atoms with Crippen molar-refractivity contribution in [2.24, 2.45) is 0 Å². The monoisotopic (exact) mass is 196 g/mol. The maximum atomic E-state index is 10.7. The SMILES string of the molecule is Nc1ccc(C(=O)O)c(N)c1C(=O)O. The molecule has 0 aliphatic rings. The molecule has 1 rings (SSSR count). The van der Waals surface area contributed by atoms with Gasteiger partial charge in [0.05, 0.1) is 11.3 Å². The molecule has 0 spiro atoms. The van der Waals surface area contributed by atoms with Crippen molar-refractivity contribution in [3.8, 4) is 0 Å². The van der Waals surface area contributed by atoms with E-state index in [1.165, 1.54) is 12.1 Å². The van der Waals surface area contributed by atoms with Crippen LogP contribution in [0.3, 0.4) is 0 Å². The number of anilines is 2. The predicted molar refractivity (Wildman–Crippen MR) is 49.2 cm³/mol. The quantitative estimate of drug-likeness (QED) is 0.502. The number of carbonyl (C=O) groups is 2. The number of carboxylic acids is 2. The lowest BCUT2D eigenvalue weighted by molar-refractivity contribution is 0.0696. The van der Waals surface area contributed by atoms with E-state index < -0.39 is 11.9 Å². The molecule has 6 nitrogen and oxygen atoms in total. The van der Waals surface area contributed by atoms with Crippen molar-refractivity contribution in [2.75, 3.05) is 11.5 Å². The summed E-state index contributed by atoms with van der Waals surface area (Å²) < 4.78 is 0. The molecular weight excluding hydrogens is 188 g/mol. The second-order valence-electron chi connectivity index (χ2n) is 2.60. The van der Waals surface area contributed by atoms with Crippen molar-refractivity contribution in [1.82, 2.24) is 0 Å². The third-order valence-corrected chi connectivity index (χ3v) is 1.72.